The molecule has 17 heavy (non-hydrogen) atoms. The molecule has 0 aromatic carbocycles. The molecule has 1 aliphatic heterocycles. The van der Waals surface area contributed by atoms with Crippen LogP contribution in [0.3, 0.4) is 0 Å². The number of fused-ring (bicyclic) bond motifs is 1. The predicted molar refractivity (Wildman–Crippen MR) is 66.2 cm³/mol. The van der Waals surface area contributed by atoms with E-state index in [-0.39, 0.29) is 0 Å². The minimum Gasteiger partial charge on any atom is -0.481 e. The predicted octanol–water partition coefficient (Wildman–Crippen LogP) is 2.20. The van der Waals surface area contributed by atoms with Gasteiger partial charge in [-0.25, -0.2) is 4.98 Å². The number of thioether (sulfide) groups is 1. The number of hydrogen-bond donors (Lipinski definition) is 0. The van der Waals surface area contributed by atoms with Crippen LogP contribution in [-0.2, 0) is 6.42 Å². The van der Waals surface area contributed by atoms with Gasteiger partial charge in [0.15, 0.2) is 5.82 Å². The van der Waals surface area contributed by atoms with E-state index in [0.717, 1.165) is 28.5 Å². The monoisotopic (exact) mass is 245 g/mol. The molecule has 0 N–H and O–H groups in total. The molecule has 0 atom stereocenters. The molecule has 0 fully saturated rings. The summed E-state index contributed by atoms with van der Waals surface area (Å²) in [6.45, 7) is 0. The Kier molecular flexibility index (Phi) is 2.68. The highest BCUT2D eigenvalue weighted by molar-refractivity contribution is 7.99. The van der Waals surface area contributed by atoms with Crippen LogP contribution in [0.5, 0.6) is 5.88 Å². The zero-order valence-electron chi connectivity index (χ0n) is 9.38. The van der Waals surface area contributed by atoms with Crippen LogP contribution < -0.4 is 4.74 Å². The third-order valence-electron chi connectivity index (χ3n) is 2.61. The Bertz CT molecular complexity index is 545. The van der Waals surface area contributed by atoms with E-state index in [1.54, 1.807) is 25.1 Å². The summed E-state index contributed by atoms with van der Waals surface area (Å²) in [6, 6.07) is 5.71. The lowest BCUT2D eigenvalue weighted by Gasteiger charge is -2.07. The van der Waals surface area contributed by atoms with E-state index in [2.05, 4.69) is 15.0 Å². The van der Waals surface area contributed by atoms with Crippen molar-refractivity contribution in [2.24, 2.45) is 0 Å². The highest BCUT2D eigenvalue weighted by atomic mass is 32.2. The van der Waals surface area contributed by atoms with Gasteiger partial charge in [-0.1, -0.05) is 6.07 Å². The van der Waals surface area contributed by atoms with Crippen LogP contribution in [0.4, 0.5) is 0 Å². The van der Waals surface area contributed by atoms with Crippen molar-refractivity contribution < 1.29 is 4.74 Å². The van der Waals surface area contributed by atoms with Gasteiger partial charge in [-0.15, -0.1) is 11.8 Å². The fourth-order valence-corrected chi connectivity index (χ4v) is 2.82. The van der Waals surface area contributed by atoms with Gasteiger partial charge in [0.05, 0.1) is 7.11 Å². The average Bonchev–Trinajstić information content (AvgIpc) is 2.86. The van der Waals surface area contributed by atoms with Crippen LogP contribution in [-0.4, -0.2) is 27.8 Å². The summed E-state index contributed by atoms with van der Waals surface area (Å²) in [5.41, 5.74) is 1.90. The summed E-state index contributed by atoms with van der Waals surface area (Å²) in [5, 5.41) is 1.03. The second-order valence-corrected chi connectivity index (χ2v) is 4.74. The molecule has 0 radical (unpaired) electrons. The zero-order chi connectivity index (χ0) is 11.7. The molecule has 2 aromatic rings. The van der Waals surface area contributed by atoms with Crippen LogP contribution >= 0.6 is 11.8 Å². The number of nitrogens with zero attached hydrogens (tertiary/aromatic N) is 3. The Morgan fingerprint density at radius 1 is 1.29 bits per heavy atom. The second kappa shape index (κ2) is 4.33. The molecule has 4 nitrogen and oxygen atoms in total. The fourth-order valence-electron chi connectivity index (χ4n) is 1.81. The molecule has 1 aliphatic rings. The second-order valence-electron chi connectivity index (χ2n) is 3.65. The lowest BCUT2D eigenvalue weighted by atomic mass is 10.2. The van der Waals surface area contributed by atoms with Crippen LogP contribution in [0.15, 0.2) is 29.4 Å². The zero-order valence-corrected chi connectivity index (χ0v) is 10.2. The number of ether oxygens (including phenoxy) is 1. The number of pyridine rings is 1. The van der Waals surface area contributed by atoms with Gasteiger partial charge in [0.2, 0.25) is 5.88 Å². The topological polar surface area (TPSA) is 47.9 Å². The van der Waals surface area contributed by atoms with Gasteiger partial charge in [-0.3, -0.25) is 4.98 Å². The Morgan fingerprint density at radius 3 is 3.00 bits per heavy atom. The molecule has 0 aliphatic carbocycles. The fraction of sp³-hybridized carbons (Fsp3) is 0.250. The number of hydrogen-bond acceptors (Lipinski definition) is 5. The van der Waals surface area contributed by atoms with Crippen molar-refractivity contribution in [2.75, 3.05) is 12.9 Å². The van der Waals surface area contributed by atoms with E-state index in [1.807, 2.05) is 18.2 Å². The van der Waals surface area contributed by atoms with Crippen LogP contribution in [0.2, 0.25) is 0 Å². The standard InChI is InChI=1S/C12H11N3OS/c1-16-11-8-5-7-17-12(8)15-10(14-11)9-4-2-3-6-13-9/h2-4,6H,5,7H2,1H3. The van der Waals surface area contributed by atoms with Crippen molar-refractivity contribution in [2.45, 2.75) is 11.4 Å². The van der Waals surface area contributed by atoms with Crippen molar-refractivity contribution in [3.63, 3.8) is 0 Å². The number of rotatable bonds is 2. The van der Waals surface area contributed by atoms with E-state index < -0.39 is 0 Å². The molecule has 0 saturated carbocycles. The molecule has 0 bridgehead atoms. The summed E-state index contributed by atoms with van der Waals surface area (Å²) in [6.07, 6.45) is 2.72. The van der Waals surface area contributed by atoms with Crippen molar-refractivity contribution in [3.05, 3.63) is 30.0 Å². The summed E-state index contributed by atoms with van der Waals surface area (Å²) >= 11 is 1.75. The van der Waals surface area contributed by atoms with Gasteiger partial charge in [0, 0.05) is 17.5 Å². The normalized spacial score (nSPS) is 13.5. The first-order chi connectivity index (χ1) is 8.38. The van der Waals surface area contributed by atoms with Gasteiger partial charge < -0.3 is 4.74 Å². The largest absolute Gasteiger partial charge is 0.481 e. The molecule has 2 aromatic heterocycles. The van der Waals surface area contributed by atoms with Gasteiger partial charge in [0.25, 0.3) is 0 Å². The first-order valence-electron chi connectivity index (χ1n) is 5.37. The maximum atomic E-state index is 5.33. The van der Waals surface area contributed by atoms with E-state index in [9.17, 15) is 0 Å². The highest BCUT2D eigenvalue weighted by Crippen LogP contribution is 2.35. The lowest BCUT2D eigenvalue weighted by Crippen LogP contribution is -2.00. The molecule has 0 unspecified atom stereocenters. The molecule has 3 heterocycles. The minimum atomic E-state index is 0.635. The Morgan fingerprint density at radius 2 is 2.24 bits per heavy atom. The van der Waals surface area contributed by atoms with Crippen LogP contribution in [0.1, 0.15) is 5.56 Å². The molecular weight excluding hydrogens is 234 g/mol. The first kappa shape index (κ1) is 10.5. The quantitative estimate of drug-likeness (QED) is 0.759. The third-order valence-corrected chi connectivity index (χ3v) is 3.63. The maximum absolute atomic E-state index is 5.33. The van der Waals surface area contributed by atoms with E-state index in [0.29, 0.717) is 11.7 Å². The van der Waals surface area contributed by atoms with Gasteiger partial charge >= 0.3 is 0 Å². The summed E-state index contributed by atoms with van der Waals surface area (Å²) in [7, 11) is 1.65. The summed E-state index contributed by atoms with van der Waals surface area (Å²) in [5.74, 6) is 2.36. The van der Waals surface area contributed by atoms with Crippen molar-refractivity contribution in [3.8, 4) is 17.4 Å². The van der Waals surface area contributed by atoms with Crippen molar-refractivity contribution >= 4 is 11.8 Å². The van der Waals surface area contributed by atoms with E-state index in [4.69, 9.17) is 4.74 Å². The molecule has 86 valence electrons. The molecule has 0 spiro atoms. The highest BCUT2D eigenvalue weighted by Gasteiger charge is 2.21. The smallest absolute Gasteiger partial charge is 0.221 e. The molecule has 3 rings (SSSR count). The Labute approximate surface area is 103 Å². The first-order valence-corrected chi connectivity index (χ1v) is 6.36. The molecular formula is C12H11N3OS. The Balaban J connectivity index is 2.13. The van der Waals surface area contributed by atoms with Gasteiger partial charge in [0.1, 0.15) is 10.7 Å². The SMILES string of the molecule is COc1nc(-c2ccccn2)nc2c1CCS2. The lowest BCUT2D eigenvalue weighted by molar-refractivity contribution is 0.390. The van der Waals surface area contributed by atoms with Crippen LogP contribution in [0, 0.1) is 0 Å². The van der Waals surface area contributed by atoms with Gasteiger partial charge in [-0.2, -0.15) is 4.98 Å². The number of methoxy groups -OCH3 is 1. The molecule has 5 heteroatoms. The van der Waals surface area contributed by atoms with E-state index in [1.165, 1.54) is 0 Å². The summed E-state index contributed by atoms with van der Waals surface area (Å²) in [4.78, 5) is 13.2. The van der Waals surface area contributed by atoms with Crippen molar-refractivity contribution in [1.82, 2.24) is 15.0 Å². The minimum absolute atomic E-state index is 0.635. The Hall–Kier alpha value is -1.62. The van der Waals surface area contributed by atoms with Crippen molar-refractivity contribution in [1.29, 1.82) is 0 Å². The maximum Gasteiger partial charge on any atom is 0.221 e. The van der Waals surface area contributed by atoms with Crippen LogP contribution in [0.25, 0.3) is 11.5 Å². The third kappa shape index (κ3) is 1.86. The van der Waals surface area contributed by atoms with Gasteiger partial charge in [-0.05, 0) is 18.6 Å². The number of aromatic nitrogens is 3. The molecule has 0 amide bonds. The van der Waals surface area contributed by atoms with E-state index >= 15 is 0 Å². The average molecular weight is 245 g/mol. The summed E-state index contributed by atoms with van der Waals surface area (Å²) < 4.78 is 5.33. The molecule has 0 saturated heterocycles.